The van der Waals surface area contributed by atoms with E-state index in [1.807, 2.05) is 6.92 Å². The number of hydrogen-bond acceptors (Lipinski definition) is 0. The molecule has 0 aromatic carbocycles. The monoisotopic (exact) mass is 136 g/mol. The highest BCUT2D eigenvalue weighted by atomic mass is 13.9. The second kappa shape index (κ2) is 6.42. The fraction of sp³-hybridized carbons (Fsp3) is 0.600. The Bertz CT molecular complexity index is 143. The maximum Gasteiger partial charge on any atom is 0.0208 e. The molecule has 0 spiro atoms. The van der Waals surface area contributed by atoms with Crippen LogP contribution in [0.1, 0.15) is 33.6 Å². The summed E-state index contributed by atoms with van der Waals surface area (Å²) >= 11 is 0. The van der Waals surface area contributed by atoms with Gasteiger partial charge in [0.1, 0.15) is 0 Å². The highest BCUT2D eigenvalue weighted by Gasteiger charge is 1.89. The Labute approximate surface area is 64.3 Å². The van der Waals surface area contributed by atoms with Crippen LogP contribution >= 0.6 is 0 Å². The second-order valence-corrected chi connectivity index (χ2v) is 2.41. The van der Waals surface area contributed by atoms with Crippen molar-refractivity contribution in [3.8, 4) is 11.8 Å². The normalized spacial score (nSPS) is 12.7. The zero-order chi connectivity index (χ0) is 7.82. The van der Waals surface area contributed by atoms with Crippen LogP contribution in [0.5, 0.6) is 0 Å². The zero-order valence-electron chi connectivity index (χ0n) is 7.15. The van der Waals surface area contributed by atoms with Crippen LogP contribution in [-0.2, 0) is 0 Å². The Morgan fingerprint density at radius 1 is 1.40 bits per heavy atom. The van der Waals surface area contributed by atoms with E-state index < -0.39 is 0 Å². The van der Waals surface area contributed by atoms with Crippen LogP contribution < -0.4 is 0 Å². The Balaban J connectivity index is 3.45. The van der Waals surface area contributed by atoms with Crippen molar-refractivity contribution < 1.29 is 0 Å². The molecule has 0 aliphatic rings. The van der Waals surface area contributed by atoms with E-state index >= 15 is 0 Å². The smallest absolute Gasteiger partial charge is 0.0208 e. The van der Waals surface area contributed by atoms with Crippen LogP contribution in [0.4, 0.5) is 0 Å². The largest absolute Gasteiger partial charge is 0.106 e. The average molecular weight is 136 g/mol. The molecule has 0 saturated carbocycles. The molecule has 0 aliphatic carbocycles. The fourth-order valence-corrected chi connectivity index (χ4v) is 0.772. The summed E-state index contributed by atoms with van der Waals surface area (Å²) in [5.41, 5.74) is 0. The van der Waals surface area contributed by atoms with Crippen LogP contribution in [0.3, 0.4) is 0 Å². The third kappa shape index (κ3) is 5.44. The number of rotatable bonds is 3. The third-order valence-electron chi connectivity index (χ3n) is 1.28. The Morgan fingerprint density at radius 2 is 2.10 bits per heavy atom. The molecule has 1 atom stereocenters. The van der Waals surface area contributed by atoms with Crippen LogP contribution in [0, 0.1) is 17.8 Å². The minimum Gasteiger partial charge on any atom is -0.106 e. The van der Waals surface area contributed by atoms with E-state index in [-0.39, 0.29) is 0 Å². The molecule has 0 aromatic heterocycles. The molecule has 0 fully saturated rings. The van der Waals surface area contributed by atoms with Crippen LogP contribution in [-0.4, -0.2) is 0 Å². The van der Waals surface area contributed by atoms with Gasteiger partial charge in [0, 0.05) is 5.92 Å². The van der Waals surface area contributed by atoms with E-state index in [1.54, 1.807) is 0 Å². The summed E-state index contributed by atoms with van der Waals surface area (Å²) in [7, 11) is 0. The van der Waals surface area contributed by atoms with Gasteiger partial charge in [-0.1, -0.05) is 26.0 Å². The number of allylic oxidation sites excluding steroid dienone is 2. The summed E-state index contributed by atoms with van der Waals surface area (Å²) in [5.74, 6) is 6.53. The molecule has 0 bridgehead atoms. The zero-order valence-corrected chi connectivity index (χ0v) is 7.15. The lowest BCUT2D eigenvalue weighted by molar-refractivity contribution is 0.770. The first-order valence-corrected chi connectivity index (χ1v) is 3.88. The van der Waals surface area contributed by atoms with Crippen molar-refractivity contribution in [3.05, 3.63) is 12.2 Å². The molecule has 0 aliphatic heterocycles. The summed E-state index contributed by atoms with van der Waals surface area (Å²) in [6, 6.07) is 0. The first kappa shape index (κ1) is 9.30. The van der Waals surface area contributed by atoms with Gasteiger partial charge in [-0.05, 0) is 19.8 Å². The van der Waals surface area contributed by atoms with Crippen molar-refractivity contribution in [1.82, 2.24) is 0 Å². The van der Waals surface area contributed by atoms with Crippen molar-refractivity contribution in [2.24, 2.45) is 5.92 Å². The molecule has 0 nitrogen and oxygen atoms in total. The molecule has 0 saturated heterocycles. The first-order valence-electron chi connectivity index (χ1n) is 3.88. The topological polar surface area (TPSA) is 0 Å². The molecular weight excluding hydrogens is 120 g/mol. The van der Waals surface area contributed by atoms with E-state index in [0.717, 1.165) is 12.8 Å². The van der Waals surface area contributed by atoms with E-state index in [1.165, 1.54) is 0 Å². The van der Waals surface area contributed by atoms with Gasteiger partial charge >= 0.3 is 0 Å². The van der Waals surface area contributed by atoms with Gasteiger partial charge in [-0.25, -0.2) is 0 Å². The quantitative estimate of drug-likeness (QED) is 0.413. The summed E-state index contributed by atoms with van der Waals surface area (Å²) in [4.78, 5) is 0. The molecule has 56 valence electrons. The second-order valence-electron chi connectivity index (χ2n) is 2.41. The van der Waals surface area contributed by atoms with E-state index in [9.17, 15) is 0 Å². The van der Waals surface area contributed by atoms with Crippen molar-refractivity contribution in [2.45, 2.75) is 33.6 Å². The Hall–Kier alpha value is -0.700. The standard InChI is InChI=1S/C10H16/c1-4-6-7-9-10(3)8-5-2/h6-7,10H,4,9H2,1-3H3. The van der Waals surface area contributed by atoms with Gasteiger partial charge in [0.15, 0.2) is 0 Å². The lowest BCUT2D eigenvalue weighted by Crippen LogP contribution is -1.85. The van der Waals surface area contributed by atoms with E-state index in [4.69, 9.17) is 0 Å². The maximum atomic E-state index is 3.10. The van der Waals surface area contributed by atoms with Gasteiger partial charge in [0.05, 0.1) is 0 Å². The molecule has 0 heteroatoms. The molecule has 0 rings (SSSR count). The minimum atomic E-state index is 0.521. The van der Waals surface area contributed by atoms with Gasteiger partial charge in [-0.2, -0.15) is 0 Å². The maximum absolute atomic E-state index is 3.10. The molecule has 10 heavy (non-hydrogen) atoms. The molecule has 0 aromatic rings. The van der Waals surface area contributed by atoms with Gasteiger partial charge in [0.25, 0.3) is 0 Å². The molecule has 1 unspecified atom stereocenters. The molecule has 0 amide bonds. The Morgan fingerprint density at radius 3 is 2.60 bits per heavy atom. The van der Waals surface area contributed by atoms with Gasteiger partial charge in [-0.15, -0.1) is 11.8 Å². The first-order chi connectivity index (χ1) is 4.81. The average Bonchev–Trinajstić information content (AvgIpc) is 1.89. The van der Waals surface area contributed by atoms with Gasteiger partial charge < -0.3 is 0 Å². The highest BCUT2D eigenvalue weighted by molar-refractivity contribution is 5.01. The summed E-state index contributed by atoms with van der Waals surface area (Å²) < 4.78 is 0. The van der Waals surface area contributed by atoms with Crippen molar-refractivity contribution in [3.63, 3.8) is 0 Å². The molecular formula is C10H16. The summed E-state index contributed by atoms with van der Waals surface area (Å²) in [6.07, 6.45) is 6.61. The van der Waals surface area contributed by atoms with Crippen molar-refractivity contribution >= 4 is 0 Å². The minimum absolute atomic E-state index is 0.521. The molecule has 0 radical (unpaired) electrons. The van der Waals surface area contributed by atoms with Crippen molar-refractivity contribution in [2.75, 3.05) is 0 Å². The van der Waals surface area contributed by atoms with E-state index in [2.05, 4.69) is 37.8 Å². The molecule has 0 N–H and O–H groups in total. The lowest BCUT2D eigenvalue weighted by atomic mass is 10.1. The lowest BCUT2D eigenvalue weighted by Gasteiger charge is -1.95. The summed E-state index contributed by atoms with van der Waals surface area (Å²) in [6.45, 7) is 6.18. The predicted octanol–water partition coefficient (Wildman–Crippen LogP) is 3.00. The third-order valence-corrected chi connectivity index (χ3v) is 1.28. The van der Waals surface area contributed by atoms with Crippen molar-refractivity contribution in [1.29, 1.82) is 0 Å². The molecule has 0 heterocycles. The van der Waals surface area contributed by atoms with Gasteiger partial charge in [0.2, 0.25) is 0 Å². The SMILES string of the molecule is CC#CC(C)CC=CCC. The van der Waals surface area contributed by atoms with Crippen LogP contribution in [0.15, 0.2) is 12.2 Å². The highest BCUT2D eigenvalue weighted by Crippen LogP contribution is 2.00. The van der Waals surface area contributed by atoms with E-state index in [0.29, 0.717) is 5.92 Å². The number of hydrogen-bond donors (Lipinski definition) is 0. The van der Waals surface area contributed by atoms with Crippen LogP contribution in [0.2, 0.25) is 0 Å². The fourth-order valence-electron chi connectivity index (χ4n) is 0.772. The predicted molar refractivity (Wildman–Crippen MR) is 46.7 cm³/mol. The summed E-state index contributed by atoms with van der Waals surface area (Å²) in [5, 5.41) is 0. The Kier molecular flexibility index (Phi) is 5.97. The van der Waals surface area contributed by atoms with Gasteiger partial charge in [-0.3, -0.25) is 0 Å². The van der Waals surface area contributed by atoms with Crippen LogP contribution in [0.25, 0.3) is 0 Å².